The van der Waals surface area contributed by atoms with Crippen LogP contribution in [0.25, 0.3) is 0 Å². The number of aromatic nitrogens is 2. The molecule has 3 nitrogen and oxygen atoms in total. The lowest BCUT2D eigenvalue weighted by Gasteiger charge is -2.21. The van der Waals surface area contributed by atoms with Crippen molar-refractivity contribution in [3.63, 3.8) is 0 Å². The molecule has 0 unspecified atom stereocenters. The highest BCUT2D eigenvalue weighted by Gasteiger charge is 2.28. The van der Waals surface area contributed by atoms with Gasteiger partial charge in [-0.3, -0.25) is 4.90 Å². The summed E-state index contributed by atoms with van der Waals surface area (Å²) in [4.78, 5) is 2.58. The molecule has 114 valence electrons. The zero-order valence-electron chi connectivity index (χ0n) is 12.9. The Morgan fingerprint density at radius 1 is 1.00 bits per heavy atom. The number of hydrogen-bond donors (Lipinski definition) is 0. The van der Waals surface area contributed by atoms with Gasteiger partial charge in [0, 0.05) is 13.0 Å². The van der Waals surface area contributed by atoms with Crippen molar-refractivity contribution < 1.29 is 28.7 Å². The highest BCUT2D eigenvalue weighted by atomic mass is 127. The molecule has 1 aliphatic heterocycles. The van der Waals surface area contributed by atoms with Gasteiger partial charge < -0.3 is 24.0 Å². The van der Waals surface area contributed by atoms with Crippen molar-refractivity contribution in [2.45, 2.75) is 57.3 Å². The average Bonchev–Trinajstić information content (AvgIpc) is 2.77. The Bertz CT molecular complexity index is 391. The van der Waals surface area contributed by atoms with Crippen LogP contribution in [0.5, 0.6) is 0 Å². The highest BCUT2D eigenvalue weighted by molar-refractivity contribution is 5.36. The van der Waals surface area contributed by atoms with Gasteiger partial charge >= 0.3 is 0 Å². The number of hydrogen-bond acceptors (Lipinski definition) is 1. The van der Waals surface area contributed by atoms with E-state index in [1.54, 1.807) is 5.69 Å². The fraction of sp³-hybridized carbons (Fsp3) is 0.812. The molecule has 2 heterocycles. The number of piperidine rings is 1. The number of nitrogens with zero attached hydrogens (tertiary/aromatic N) is 3. The van der Waals surface area contributed by atoms with E-state index < -0.39 is 0 Å². The van der Waals surface area contributed by atoms with Crippen LogP contribution in [-0.4, -0.2) is 17.8 Å². The lowest BCUT2D eigenvalue weighted by atomic mass is 9.87. The third-order valence-electron chi connectivity index (χ3n) is 5.14. The Kier molecular flexibility index (Phi) is 5.75. The van der Waals surface area contributed by atoms with Gasteiger partial charge in [-0.15, -0.1) is 0 Å². The molecule has 0 radical (unpaired) electrons. The lowest BCUT2D eigenvalue weighted by Crippen LogP contribution is -3.00. The van der Waals surface area contributed by atoms with Crippen molar-refractivity contribution in [3.05, 3.63) is 11.8 Å². The van der Waals surface area contributed by atoms with E-state index in [0.717, 1.165) is 5.92 Å². The van der Waals surface area contributed by atoms with Crippen molar-refractivity contribution in [2.24, 2.45) is 14.1 Å². The van der Waals surface area contributed by atoms with Crippen LogP contribution in [0.3, 0.4) is 0 Å². The molecule has 0 atom stereocenters. The van der Waals surface area contributed by atoms with Crippen molar-refractivity contribution in [2.75, 3.05) is 18.0 Å². The molecule has 4 heteroatoms. The Hall–Kier alpha value is -0.260. The van der Waals surface area contributed by atoms with E-state index in [1.165, 1.54) is 70.3 Å². The zero-order valence-corrected chi connectivity index (χ0v) is 15.1. The summed E-state index contributed by atoms with van der Waals surface area (Å²) in [6.07, 6.45) is 11.2. The number of rotatable bonds is 2. The molecule has 0 aromatic carbocycles. The van der Waals surface area contributed by atoms with Crippen molar-refractivity contribution in [1.82, 2.24) is 4.68 Å². The number of anilines is 1. The van der Waals surface area contributed by atoms with E-state index in [4.69, 9.17) is 0 Å². The first-order chi connectivity index (χ1) is 9.27. The molecule has 0 bridgehead atoms. The minimum atomic E-state index is 0. The van der Waals surface area contributed by atoms with Crippen LogP contribution in [-0.2, 0) is 14.1 Å². The summed E-state index contributed by atoms with van der Waals surface area (Å²) in [7, 11) is 4.45. The van der Waals surface area contributed by atoms with Crippen LogP contribution in [0.4, 0.5) is 5.82 Å². The van der Waals surface area contributed by atoms with Gasteiger partial charge in [-0.2, -0.15) is 4.68 Å². The topological polar surface area (TPSA) is 12.1 Å². The predicted octanol–water partition coefficient (Wildman–Crippen LogP) is -0.108. The third-order valence-corrected chi connectivity index (χ3v) is 5.14. The smallest absolute Gasteiger partial charge is 0.297 e. The van der Waals surface area contributed by atoms with Crippen molar-refractivity contribution in [1.29, 1.82) is 0 Å². The molecular weight excluding hydrogens is 361 g/mol. The monoisotopic (exact) mass is 389 g/mol. The molecule has 1 aromatic rings. The normalized spacial score (nSPS) is 20.8. The summed E-state index contributed by atoms with van der Waals surface area (Å²) in [5.74, 6) is 2.23. The lowest BCUT2D eigenvalue weighted by molar-refractivity contribution is -0.740. The first-order valence-electron chi connectivity index (χ1n) is 8.08. The molecule has 2 aliphatic rings. The van der Waals surface area contributed by atoms with Crippen LogP contribution >= 0.6 is 0 Å². The largest absolute Gasteiger partial charge is 1.00 e. The van der Waals surface area contributed by atoms with Crippen molar-refractivity contribution >= 4 is 5.82 Å². The van der Waals surface area contributed by atoms with E-state index in [-0.39, 0.29) is 24.0 Å². The summed E-state index contributed by atoms with van der Waals surface area (Å²) in [5.41, 5.74) is 1.56. The predicted molar refractivity (Wildman–Crippen MR) is 78.5 cm³/mol. The molecule has 1 aliphatic carbocycles. The summed E-state index contributed by atoms with van der Waals surface area (Å²) in [6, 6.07) is 2.47. The van der Waals surface area contributed by atoms with Crippen LogP contribution in [0, 0.1) is 0 Å². The van der Waals surface area contributed by atoms with Crippen LogP contribution < -0.4 is 33.6 Å². The van der Waals surface area contributed by atoms with Gasteiger partial charge in [-0.05, 0) is 32.1 Å². The van der Waals surface area contributed by atoms with E-state index in [1.807, 2.05) is 0 Å². The van der Waals surface area contributed by atoms with Gasteiger partial charge in [0.1, 0.15) is 7.05 Å². The fourth-order valence-corrected chi connectivity index (χ4v) is 3.85. The van der Waals surface area contributed by atoms with E-state index in [2.05, 4.69) is 34.4 Å². The molecule has 2 fully saturated rings. The molecule has 1 saturated heterocycles. The van der Waals surface area contributed by atoms with Gasteiger partial charge in [0.15, 0.2) is 0 Å². The Morgan fingerprint density at radius 3 is 2.25 bits per heavy atom. The Balaban J connectivity index is 0.00000147. The first-order valence-corrected chi connectivity index (χ1v) is 8.08. The first kappa shape index (κ1) is 16.1. The van der Waals surface area contributed by atoms with Gasteiger partial charge in [0.05, 0.1) is 24.8 Å². The van der Waals surface area contributed by atoms with Gasteiger partial charge in [0.25, 0.3) is 5.82 Å². The quantitative estimate of drug-likeness (QED) is 0.508. The van der Waals surface area contributed by atoms with E-state index >= 15 is 0 Å². The maximum absolute atomic E-state index is 2.58. The van der Waals surface area contributed by atoms with E-state index in [9.17, 15) is 0 Å². The molecule has 20 heavy (non-hydrogen) atoms. The number of halogens is 1. The summed E-state index contributed by atoms with van der Waals surface area (Å²) in [6.45, 7) is 2.48. The Morgan fingerprint density at radius 2 is 1.60 bits per heavy atom. The Labute approximate surface area is 140 Å². The highest BCUT2D eigenvalue weighted by Crippen LogP contribution is 2.33. The summed E-state index contributed by atoms with van der Waals surface area (Å²) >= 11 is 0. The summed E-state index contributed by atoms with van der Waals surface area (Å²) in [5, 5.41) is 0. The van der Waals surface area contributed by atoms with Crippen LogP contribution in [0.1, 0.15) is 63.0 Å². The molecule has 0 amide bonds. The SMILES string of the molecule is Cn1c(C2CCCCC2)cc(N2CCCCC2)[n+]1C.[I-]. The average molecular weight is 389 g/mol. The van der Waals surface area contributed by atoms with Crippen molar-refractivity contribution in [3.8, 4) is 0 Å². The second kappa shape index (κ2) is 7.14. The maximum Gasteiger partial charge on any atom is 0.297 e. The fourth-order valence-electron chi connectivity index (χ4n) is 3.85. The molecular formula is C16H28IN3. The van der Waals surface area contributed by atoms with Gasteiger partial charge in [0.2, 0.25) is 0 Å². The molecule has 3 rings (SSSR count). The second-order valence-corrected chi connectivity index (χ2v) is 6.36. The summed E-state index contributed by atoms with van der Waals surface area (Å²) < 4.78 is 4.75. The standard InChI is InChI=1S/C16H28N3.HI/c1-17-15(14-9-5-3-6-10-14)13-16(18(17)2)19-11-7-4-8-12-19;/h13-14H,3-12H2,1-2H3;1H/q+1;/p-1. The van der Waals surface area contributed by atoms with E-state index in [0.29, 0.717) is 0 Å². The molecule has 0 N–H and O–H groups in total. The minimum Gasteiger partial charge on any atom is -1.00 e. The minimum absolute atomic E-state index is 0. The van der Waals surface area contributed by atoms with Gasteiger partial charge in [-0.1, -0.05) is 19.3 Å². The maximum atomic E-state index is 2.58. The van der Waals surface area contributed by atoms with Crippen LogP contribution in [0.2, 0.25) is 0 Å². The molecule has 1 saturated carbocycles. The van der Waals surface area contributed by atoms with Crippen LogP contribution in [0.15, 0.2) is 6.07 Å². The third kappa shape index (κ3) is 3.15. The molecule has 0 spiro atoms. The molecule has 1 aromatic heterocycles. The second-order valence-electron chi connectivity index (χ2n) is 6.36. The zero-order chi connectivity index (χ0) is 13.2. The van der Waals surface area contributed by atoms with Gasteiger partial charge in [-0.25, -0.2) is 4.68 Å².